The molecule has 0 unspecified atom stereocenters. The molecule has 2 aromatic rings. The minimum atomic E-state index is -0.0658. The van der Waals surface area contributed by atoms with Crippen LogP contribution >= 0.6 is 0 Å². The van der Waals surface area contributed by atoms with Gasteiger partial charge in [-0.15, -0.1) is 0 Å². The van der Waals surface area contributed by atoms with Gasteiger partial charge in [0.25, 0.3) is 0 Å². The van der Waals surface area contributed by atoms with E-state index in [1.807, 2.05) is 49.4 Å². The Labute approximate surface area is 159 Å². The van der Waals surface area contributed by atoms with Crippen molar-refractivity contribution in [1.82, 2.24) is 4.90 Å². The van der Waals surface area contributed by atoms with Crippen LogP contribution in [0.15, 0.2) is 42.5 Å². The first-order valence-corrected chi connectivity index (χ1v) is 9.17. The van der Waals surface area contributed by atoms with Gasteiger partial charge in [0, 0.05) is 25.2 Å². The molecule has 1 heterocycles. The summed E-state index contributed by atoms with van der Waals surface area (Å²) in [5.41, 5.74) is 2.64. The Morgan fingerprint density at radius 1 is 1.11 bits per heavy atom. The number of amides is 1. The van der Waals surface area contributed by atoms with Gasteiger partial charge in [-0.05, 0) is 36.8 Å². The van der Waals surface area contributed by atoms with E-state index >= 15 is 0 Å². The van der Waals surface area contributed by atoms with Crippen molar-refractivity contribution < 1.29 is 19.4 Å². The third-order valence-corrected chi connectivity index (χ3v) is 4.68. The number of anilines is 1. The van der Waals surface area contributed by atoms with Crippen LogP contribution in [0, 0.1) is 0 Å². The van der Waals surface area contributed by atoms with Crippen LogP contribution in [0.4, 0.5) is 5.69 Å². The standard InChI is InChI=1S/C21H26N2O4/c1-3-27-19-9-8-16(12-17(19)15-24)13-22-10-11-23(21(25)14-22)18-6-4-5-7-20(18)26-2/h4-9,12,24H,3,10-11,13-15H2,1-2H3. The van der Waals surface area contributed by atoms with E-state index in [9.17, 15) is 9.90 Å². The van der Waals surface area contributed by atoms with E-state index < -0.39 is 0 Å². The molecule has 2 aromatic carbocycles. The molecule has 1 aliphatic rings. The Bertz CT molecular complexity index is 794. The summed E-state index contributed by atoms with van der Waals surface area (Å²) >= 11 is 0. The molecule has 1 fully saturated rings. The van der Waals surface area contributed by atoms with Gasteiger partial charge < -0.3 is 19.5 Å². The number of piperazine rings is 1. The highest BCUT2D eigenvalue weighted by Gasteiger charge is 2.26. The number of carbonyl (C=O) groups is 1. The van der Waals surface area contributed by atoms with E-state index in [4.69, 9.17) is 9.47 Å². The maximum atomic E-state index is 12.7. The normalized spacial score (nSPS) is 15.1. The summed E-state index contributed by atoms with van der Waals surface area (Å²) < 4.78 is 10.9. The second-order valence-corrected chi connectivity index (χ2v) is 6.46. The molecule has 6 heteroatoms. The molecule has 3 rings (SSSR count). The summed E-state index contributed by atoms with van der Waals surface area (Å²) in [7, 11) is 1.62. The zero-order valence-corrected chi connectivity index (χ0v) is 15.9. The summed E-state index contributed by atoms with van der Waals surface area (Å²) in [6.45, 7) is 4.80. The molecule has 6 nitrogen and oxygen atoms in total. The van der Waals surface area contributed by atoms with E-state index in [-0.39, 0.29) is 12.5 Å². The first kappa shape index (κ1) is 19.2. The second-order valence-electron chi connectivity index (χ2n) is 6.46. The number of aliphatic hydroxyl groups excluding tert-OH is 1. The van der Waals surface area contributed by atoms with Gasteiger partial charge >= 0.3 is 0 Å². The van der Waals surface area contributed by atoms with E-state index in [1.165, 1.54) is 0 Å². The third-order valence-electron chi connectivity index (χ3n) is 4.68. The van der Waals surface area contributed by atoms with Crippen LogP contribution in [0.5, 0.6) is 11.5 Å². The lowest BCUT2D eigenvalue weighted by Crippen LogP contribution is -2.50. The number of ether oxygens (including phenoxy) is 2. The van der Waals surface area contributed by atoms with Gasteiger partial charge in [-0.1, -0.05) is 18.2 Å². The molecule has 0 atom stereocenters. The second kappa shape index (κ2) is 8.88. The quantitative estimate of drug-likeness (QED) is 0.811. The van der Waals surface area contributed by atoms with Gasteiger partial charge in [-0.25, -0.2) is 0 Å². The molecule has 1 N–H and O–H groups in total. The molecule has 0 aromatic heterocycles. The van der Waals surface area contributed by atoms with Gasteiger partial charge in [0.05, 0.1) is 32.6 Å². The number of benzene rings is 2. The molecule has 0 bridgehead atoms. The fourth-order valence-electron chi connectivity index (χ4n) is 3.37. The fraction of sp³-hybridized carbons (Fsp3) is 0.381. The number of hydrogen-bond donors (Lipinski definition) is 1. The predicted octanol–water partition coefficient (Wildman–Crippen LogP) is 2.44. The van der Waals surface area contributed by atoms with Crippen molar-refractivity contribution in [2.24, 2.45) is 0 Å². The first-order chi connectivity index (χ1) is 13.2. The summed E-state index contributed by atoms with van der Waals surface area (Å²) in [4.78, 5) is 16.6. The predicted molar refractivity (Wildman–Crippen MR) is 104 cm³/mol. The van der Waals surface area contributed by atoms with E-state index in [0.717, 1.165) is 23.4 Å². The number of rotatable bonds is 7. The van der Waals surface area contributed by atoms with Crippen LogP contribution in [0.3, 0.4) is 0 Å². The Kier molecular flexibility index (Phi) is 6.32. The van der Waals surface area contributed by atoms with Crippen molar-refractivity contribution in [3.63, 3.8) is 0 Å². The lowest BCUT2D eigenvalue weighted by Gasteiger charge is -2.35. The van der Waals surface area contributed by atoms with Crippen LogP contribution in [-0.4, -0.2) is 49.3 Å². The van der Waals surface area contributed by atoms with E-state index in [0.29, 0.717) is 37.7 Å². The lowest BCUT2D eigenvalue weighted by atomic mass is 10.1. The molecule has 0 saturated carbocycles. The molecule has 0 radical (unpaired) electrons. The van der Waals surface area contributed by atoms with Gasteiger partial charge in [-0.3, -0.25) is 9.69 Å². The van der Waals surface area contributed by atoms with Crippen molar-refractivity contribution in [2.45, 2.75) is 20.1 Å². The summed E-state index contributed by atoms with van der Waals surface area (Å²) in [5.74, 6) is 1.47. The van der Waals surface area contributed by atoms with Crippen LogP contribution in [0.1, 0.15) is 18.1 Å². The topological polar surface area (TPSA) is 62.2 Å². The van der Waals surface area contributed by atoms with E-state index in [1.54, 1.807) is 12.0 Å². The minimum absolute atomic E-state index is 0.0547. The van der Waals surface area contributed by atoms with Crippen LogP contribution in [0.2, 0.25) is 0 Å². The Morgan fingerprint density at radius 2 is 1.93 bits per heavy atom. The van der Waals surface area contributed by atoms with Crippen molar-refractivity contribution in [3.8, 4) is 11.5 Å². The average molecular weight is 370 g/mol. The fourth-order valence-corrected chi connectivity index (χ4v) is 3.37. The smallest absolute Gasteiger partial charge is 0.241 e. The maximum Gasteiger partial charge on any atom is 0.241 e. The summed E-state index contributed by atoms with van der Waals surface area (Å²) in [6.07, 6.45) is 0. The minimum Gasteiger partial charge on any atom is -0.495 e. The average Bonchev–Trinajstić information content (AvgIpc) is 2.69. The van der Waals surface area contributed by atoms with Crippen LogP contribution in [-0.2, 0) is 17.9 Å². The van der Waals surface area contributed by atoms with Crippen LogP contribution < -0.4 is 14.4 Å². The van der Waals surface area contributed by atoms with Crippen molar-refractivity contribution in [1.29, 1.82) is 0 Å². The largest absolute Gasteiger partial charge is 0.495 e. The lowest BCUT2D eigenvalue weighted by molar-refractivity contribution is -0.121. The molecule has 1 saturated heterocycles. The highest BCUT2D eigenvalue weighted by Crippen LogP contribution is 2.29. The number of nitrogens with zero attached hydrogens (tertiary/aromatic N) is 2. The Hall–Kier alpha value is -2.57. The number of methoxy groups -OCH3 is 1. The van der Waals surface area contributed by atoms with Crippen molar-refractivity contribution in [2.75, 3.05) is 38.3 Å². The highest BCUT2D eigenvalue weighted by atomic mass is 16.5. The van der Waals surface area contributed by atoms with Gasteiger partial charge in [0.15, 0.2) is 0 Å². The highest BCUT2D eigenvalue weighted by molar-refractivity contribution is 5.96. The number of hydrogen-bond acceptors (Lipinski definition) is 5. The van der Waals surface area contributed by atoms with Crippen molar-refractivity contribution >= 4 is 11.6 Å². The van der Waals surface area contributed by atoms with Crippen LogP contribution in [0.25, 0.3) is 0 Å². The van der Waals surface area contributed by atoms with Gasteiger partial charge in [0.1, 0.15) is 11.5 Å². The summed E-state index contributed by atoms with van der Waals surface area (Å²) in [5, 5.41) is 9.56. The molecule has 144 valence electrons. The van der Waals surface area contributed by atoms with E-state index in [2.05, 4.69) is 4.90 Å². The molecule has 0 aliphatic carbocycles. The summed E-state index contributed by atoms with van der Waals surface area (Å²) in [6, 6.07) is 13.4. The van der Waals surface area contributed by atoms with Gasteiger partial charge in [0.2, 0.25) is 5.91 Å². The molecule has 27 heavy (non-hydrogen) atoms. The Morgan fingerprint density at radius 3 is 2.63 bits per heavy atom. The Balaban J connectivity index is 1.67. The molecular weight excluding hydrogens is 344 g/mol. The zero-order chi connectivity index (χ0) is 19.2. The monoisotopic (exact) mass is 370 g/mol. The SMILES string of the molecule is CCOc1ccc(CN2CCN(c3ccccc3OC)C(=O)C2)cc1CO. The molecular formula is C21H26N2O4. The first-order valence-electron chi connectivity index (χ1n) is 9.17. The molecule has 0 spiro atoms. The number of aliphatic hydroxyl groups is 1. The zero-order valence-electron chi connectivity index (χ0n) is 15.9. The third kappa shape index (κ3) is 4.40. The van der Waals surface area contributed by atoms with Crippen molar-refractivity contribution in [3.05, 3.63) is 53.6 Å². The maximum absolute atomic E-state index is 12.7. The molecule has 1 aliphatic heterocycles. The van der Waals surface area contributed by atoms with Gasteiger partial charge in [-0.2, -0.15) is 0 Å². The number of para-hydroxylation sites is 2. The molecule has 1 amide bonds. The number of carbonyl (C=O) groups excluding carboxylic acids is 1.